The van der Waals surface area contributed by atoms with Gasteiger partial charge in [-0.25, -0.2) is 0 Å². The number of amides is 1. The number of carbonyl (C=O) groups excluding carboxylic acids is 1. The topological polar surface area (TPSA) is 68.2 Å². The molecule has 1 aliphatic heterocycles. The smallest absolute Gasteiger partial charge is 0.422 e. The molecule has 1 saturated heterocycles. The van der Waals surface area contributed by atoms with Crippen LogP contribution in [-0.2, 0) is 11.8 Å². The average Bonchev–Trinajstić information content (AvgIpc) is 3.22. The quantitative estimate of drug-likeness (QED) is 0.804. The van der Waals surface area contributed by atoms with Crippen molar-refractivity contribution in [3.8, 4) is 5.75 Å². The summed E-state index contributed by atoms with van der Waals surface area (Å²) in [5.41, 5.74) is 1.50. The first-order valence-electron chi connectivity index (χ1n) is 8.11. The van der Waals surface area contributed by atoms with Crippen LogP contribution in [0, 0.1) is 5.92 Å². The summed E-state index contributed by atoms with van der Waals surface area (Å²) in [5.74, 6) is -0.276. The number of aryl methyl sites for hydroxylation is 1. The lowest BCUT2D eigenvalue weighted by molar-refractivity contribution is -0.153. The second-order valence-electron chi connectivity index (χ2n) is 6.24. The Hall–Kier alpha value is -2.26. The highest BCUT2D eigenvalue weighted by atomic mass is 35.5. The van der Waals surface area contributed by atoms with Gasteiger partial charge in [0.1, 0.15) is 5.75 Å². The minimum absolute atomic E-state index is 0. The molecule has 3 rings (SSSR count). The maximum Gasteiger partial charge on any atom is 0.422 e. The van der Waals surface area contributed by atoms with Crippen LogP contribution in [-0.4, -0.2) is 41.6 Å². The molecule has 6 nitrogen and oxygen atoms in total. The lowest BCUT2D eigenvalue weighted by Gasteiger charge is -2.17. The number of rotatable bonds is 5. The normalized spacial score (nSPS) is 19.4. The molecule has 2 N–H and O–H groups in total. The molecular weight excluding hydrogens is 385 g/mol. The van der Waals surface area contributed by atoms with Crippen molar-refractivity contribution in [3.63, 3.8) is 0 Å². The van der Waals surface area contributed by atoms with Crippen molar-refractivity contribution in [3.05, 3.63) is 42.2 Å². The van der Waals surface area contributed by atoms with Crippen molar-refractivity contribution in [2.24, 2.45) is 13.0 Å². The van der Waals surface area contributed by atoms with Gasteiger partial charge in [-0.3, -0.25) is 9.48 Å². The zero-order valence-corrected chi connectivity index (χ0v) is 15.3. The number of nitrogens with zero attached hydrogens (tertiary/aromatic N) is 2. The first-order valence-corrected chi connectivity index (χ1v) is 8.11. The summed E-state index contributed by atoms with van der Waals surface area (Å²) in [6, 6.07) is 5.83. The average molecular weight is 405 g/mol. The number of anilines is 1. The highest BCUT2D eigenvalue weighted by Gasteiger charge is 2.34. The van der Waals surface area contributed by atoms with E-state index < -0.39 is 12.8 Å². The van der Waals surface area contributed by atoms with E-state index in [9.17, 15) is 18.0 Å². The second-order valence-corrected chi connectivity index (χ2v) is 6.24. The van der Waals surface area contributed by atoms with Gasteiger partial charge in [-0.1, -0.05) is 0 Å². The fraction of sp³-hybridized carbons (Fsp3) is 0.412. The van der Waals surface area contributed by atoms with E-state index in [2.05, 4.69) is 20.5 Å². The summed E-state index contributed by atoms with van der Waals surface area (Å²) in [6.45, 7) is -0.106. The van der Waals surface area contributed by atoms with Crippen LogP contribution in [0.4, 0.5) is 18.9 Å². The number of halogens is 4. The summed E-state index contributed by atoms with van der Waals surface area (Å²) in [5, 5.41) is 10.2. The fourth-order valence-electron chi connectivity index (χ4n) is 2.97. The number of carbonyl (C=O) groups is 1. The third-order valence-corrected chi connectivity index (χ3v) is 4.23. The van der Waals surface area contributed by atoms with Crippen LogP contribution in [0.2, 0.25) is 0 Å². The lowest BCUT2D eigenvalue weighted by atomic mass is 9.90. The lowest BCUT2D eigenvalue weighted by Crippen LogP contribution is -2.28. The van der Waals surface area contributed by atoms with Crippen molar-refractivity contribution < 1.29 is 22.7 Å². The van der Waals surface area contributed by atoms with E-state index in [0.29, 0.717) is 18.8 Å². The van der Waals surface area contributed by atoms with E-state index in [1.54, 1.807) is 10.9 Å². The van der Waals surface area contributed by atoms with Crippen LogP contribution >= 0.6 is 12.4 Å². The Kier molecular flexibility index (Phi) is 6.72. The van der Waals surface area contributed by atoms with E-state index in [1.165, 1.54) is 24.3 Å². The number of nitrogens with one attached hydrogen (secondary N) is 2. The number of alkyl halides is 3. The van der Waals surface area contributed by atoms with E-state index >= 15 is 0 Å². The third-order valence-electron chi connectivity index (χ3n) is 4.23. The van der Waals surface area contributed by atoms with Crippen LogP contribution in [0.3, 0.4) is 0 Å². The molecule has 148 valence electrons. The summed E-state index contributed by atoms with van der Waals surface area (Å²) >= 11 is 0. The Morgan fingerprint density at radius 3 is 2.63 bits per heavy atom. The number of aromatic nitrogens is 2. The second kappa shape index (κ2) is 8.62. The Bertz CT molecular complexity index is 764. The van der Waals surface area contributed by atoms with Gasteiger partial charge in [0.2, 0.25) is 5.91 Å². The summed E-state index contributed by atoms with van der Waals surface area (Å²) in [7, 11) is 1.82. The molecule has 0 saturated carbocycles. The number of ether oxygens (including phenoxy) is 1. The summed E-state index contributed by atoms with van der Waals surface area (Å²) < 4.78 is 42.8. The largest absolute Gasteiger partial charge is 0.484 e. The molecule has 2 aromatic rings. The molecular formula is C17H20ClF3N4O2. The molecule has 1 aromatic heterocycles. The monoisotopic (exact) mass is 404 g/mol. The van der Waals surface area contributed by atoms with Crippen molar-refractivity contribution in [1.29, 1.82) is 0 Å². The minimum Gasteiger partial charge on any atom is -0.484 e. The maximum atomic E-state index is 12.6. The summed E-state index contributed by atoms with van der Waals surface area (Å²) in [4.78, 5) is 12.6. The highest BCUT2D eigenvalue weighted by Crippen LogP contribution is 2.29. The fourth-order valence-corrected chi connectivity index (χ4v) is 2.97. The van der Waals surface area contributed by atoms with Crippen LogP contribution in [0.25, 0.3) is 0 Å². The molecule has 10 heteroatoms. The molecule has 1 aliphatic rings. The Labute approximate surface area is 160 Å². The van der Waals surface area contributed by atoms with Gasteiger partial charge in [0.15, 0.2) is 6.61 Å². The first-order chi connectivity index (χ1) is 12.3. The zero-order valence-electron chi connectivity index (χ0n) is 14.5. The van der Waals surface area contributed by atoms with Gasteiger partial charge >= 0.3 is 6.18 Å². The van der Waals surface area contributed by atoms with E-state index in [0.717, 1.165) is 5.56 Å². The molecule has 0 unspecified atom stereocenters. The maximum absolute atomic E-state index is 12.6. The van der Waals surface area contributed by atoms with Gasteiger partial charge in [-0.15, -0.1) is 12.4 Å². The Morgan fingerprint density at radius 2 is 2.04 bits per heavy atom. The zero-order chi connectivity index (χ0) is 18.7. The molecule has 0 radical (unpaired) electrons. The standard InChI is InChI=1S/C17H19F3N4O2.ClH/c1-24-9-11(6-22-24)14-7-21-8-15(14)16(25)23-12-2-4-13(5-3-12)26-10-17(18,19)20;/h2-6,9,14-15,21H,7-8,10H2,1H3,(H,23,25);1H/t14-,15+;/m1./s1. The van der Waals surface area contributed by atoms with E-state index in [1.807, 2.05) is 13.2 Å². The number of benzene rings is 1. The van der Waals surface area contributed by atoms with Gasteiger partial charge in [0.25, 0.3) is 0 Å². The predicted molar refractivity (Wildman–Crippen MR) is 96.2 cm³/mol. The van der Waals surface area contributed by atoms with E-state index in [4.69, 9.17) is 0 Å². The SMILES string of the molecule is Cl.Cn1cc([C@H]2CNC[C@@H]2C(=O)Nc2ccc(OCC(F)(F)F)cc2)cn1. The molecule has 1 aromatic carbocycles. The molecule has 1 amide bonds. The van der Waals surface area contributed by atoms with Crippen molar-refractivity contribution >= 4 is 24.0 Å². The van der Waals surface area contributed by atoms with Gasteiger partial charge in [0, 0.05) is 37.9 Å². The van der Waals surface area contributed by atoms with Gasteiger partial charge in [-0.05, 0) is 29.8 Å². The van der Waals surface area contributed by atoms with Crippen molar-refractivity contribution in [2.45, 2.75) is 12.1 Å². The molecule has 0 aliphatic carbocycles. The Morgan fingerprint density at radius 1 is 1.33 bits per heavy atom. The molecule has 0 bridgehead atoms. The first kappa shape index (κ1) is 21.0. The van der Waals surface area contributed by atoms with Gasteiger partial charge in [0.05, 0.1) is 12.1 Å². The Balaban J connectivity index is 0.00000261. The van der Waals surface area contributed by atoms with Crippen molar-refractivity contribution in [1.82, 2.24) is 15.1 Å². The third kappa shape index (κ3) is 5.61. The number of hydrogen-bond acceptors (Lipinski definition) is 4. The van der Waals surface area contributed by atoms with E-state index in [-0.39, 0.29) is 35.9 Å². The molecule has 1 fully saturated rings. The van der Waals surface area contributed by atoms with Crippen LogP contribution in [0.1, 0.15) is 11.5 Å². The van der Waals surface area contributed by atoms with Crippen LogP contribution in [0.15, 0.2) is 36.7 Å². The number of hydrogen-bond donors (Lipinski definition) is 2. The van der Waals surface area contributed by atoms with Crippen molar-refractivity contribution in [2.75, 3.05) is 25.0 Å². The molecule has 2 heterocycles. The van der Waals surface area contributed by atoms with Gasteiger partial charge < -0.3 is 15.4 Å². The predicted octanol–water partition coefficient (Wildman–Crippen LogP) is 2.72. The van der Waals surface area contributed by atoms with Crippen LogP contribution in [0.5, 0.6) is 5.75 Å². The minimum atomic E-state index is -4.39. The molecule has 27 heavy (non-hydrogen) atoms. The van der Waals surface area contributed by atoms with Crippen LogP contribution < -0.4 is 15.4 Å². The van der Waals surface area contributed by atoms with Gasteiger partial charge in [-0.2, -0.15) is 18.3 Å². The molecule has 2 atom stereocenters. The molecule has 0 spiro atoms. The summed E-state index contributed by atoms with van der Waals surface area (Å²) in [6.07, 6.45) is -0.737. The highest BCUT2D eigenvalue weighted by molar-refractivity contribution is 5.93.